The summed E-state index contributed by atoms with van der Waals surface area (Å²) in [4.78, 5) is 25.2. The first-order valence-electron chi connectivity index (χ1n) is 12.9. The van der Waals surface area contributed by atoms with E-state index in [2.05, 4.69) is 26.2 Å². The SMILES string of the molecule is Cc1cccc(OC(=O)c2ccc([Si](C)(C)O[Si](C)(C)c3ccc(C(=O)Oc4cccc(C)c4)cc3)cc2)c1. The Morgan fingerprint density at radius 3 is 1.23 bits per heavy atom. The fourth-order valence-electron chi connectivity index (χ4n) is 4.46. The van der Waals surface area contributed by atoms with Gasteiger partial charge in [0.25, 0.3) is 0 Å². The van der Waals surface area contributed by atoms with Gasteiger partial charge in [0.1, 0.15) is 11.5 Å². The molecule has 7 heteroatoms. The van der Waals surface area contributed by atoms with Gasteiger partial charge in [-0.05, 0) is 110 Å². The second kappa shape index (κ2) is 11.5. The molecule has 0 amide bonds. The van der Waals surface area contributed by atoms with Crippen LogP contribution in [-0.4, -0.2) is 28.6 Å². The zero-order chi connectivity index (χ0) is 28.2. The summed E-state index contributed by atoms with van der Waals surface area (Å²) in [6, 6.07) is 29.9. The number of hydrogen-bond donors (Lipinski definition) is 0. The molecule has 0 aliphatic carbocycles. The summed E-state index contributed by atoms with van der Waals surface area (Å²) in [7, 11) is -4.62. The quantitative estimate of drug-likeness (QED) is 0.146. The Morgan fingerprint density at radius 2 is 0.897 bits per heavy atom. The van der Waals surface area contributed by atoms with E-state index in [1.165, 1.54) is 0 Å². The van der Waals surface area contributed by atoms with Crippen molar-refractivity contribution in [1.29, 1.82) is 0 Å². The highest BCUT2D eigenvalue weighted by atomic mass is 28.4. The zero-order valence-corrected chi connectivity index (χ0v) is 25.3. The number of ether oxygens (including phenoxy) is 2. The van der Waals surface area contributed by atoms with Gasteiger partial charge in [-0.15, -0.1) is 0 Å². The summed E-state index contributed by atoms with van der Waals surface area (Å²) in [5.41, 5.74) is 3.05. The summed E-state index contributed by atoms with van der Waals surface area (Å²) in [6.45, 7) is 12.6. The molecule has 4 aromatic carbocycles. The summed E-state index contributed by atoms with van der Waals surface area (Å²) in [5.74, 6) is 0.292. The molecule has 0 fully saturated rings. The highest BCUT2D eigenvalue weighted by Gasteiger charge is 2.36. The molecule has 39 heavy (non-hydrogen) atoms. The summed E-state index contributed by atoms with van der Waals surface area (Å²) in [5, 5.41) is 2.18. The molecule has 0 radical (unpaired) electrons. The van der Waals surface area contributed by atoms with Gasteiger partial charge in [-0.3, -0.25) is 0 Å². The molecular formula is C32H34O5Si2. The molecular weight excluding hydrogens is 521 g/mol. The molecule has 0 aliphatic rings. The maximum atomic E-state index is 12.6. The average Bonchev–Trinajstić information content (AvgIpc) is 2.88. The van der Waals surface area contributed by atoms with Gasteiger partial charge in [0, 0.05) is 0 Å². The van der Waals surface area contributed by atoms with Crippen LogP contribution in [0.3, 0.4) is 0 Å². The highest BCUT2D eigenvalue weighted by molar-refractivity contribution is 6.96. The van der Waals surface area contributed by atoms with Gasteiger partial charge in [-0.1, -0.05) is 48.5 Å². The second-order valence-corrected chi connectivity index (χ2v) is 18.7. The first-order valence-corrected chi connectivity index (χ1v) is 18.7. The van der Waals surface area contributed by atoms with E-state index in [1.807, 2.05) is 74.5 Å². The Hall–Kier alpha value is -3.79. The molecule has 0 aliphatic heterocycles. The van der Waals surface area contributed by atoms with Crippen LogP contribution in [0.4, 0.5) is 0 Å². The van der Waals surface area contributed by atoms with Crippen LogP contribution in [-0.2, 0) is 4.12 Å². The molecule has 0 N–H and O–H groups in total. The van der Waals surface area contributed by atoms with Gasteiger partial charge in [-0.2, -0.15) is 0 Å². The molecule has 4 rings (SSSR count). The fourth-order valence-corrected chi connectivity index (χ4v) is 12.4. The van der Waals surface area contributed by atoms with Gasteiger partial charge < -0.3 is 13.6 Å². The number of carbonyl (C=O) groups excluding carboxylic acids is 2. The van der Waals surface area contributed by atoms with Crippen molar-refractivity contribution < 1.29 is 23.2 Å². The normalized spacial score (nSPS) is 11.6. The summed E-state index contributed by atoms with van der Waals surface area (Å²) in [6.07, 6.45) is 0. The molecule has 0 atom stereocenters. The monoisotopic (exact) mass is 554 g/mol. The van der Waals surface area contributed by atoms with Crippen LogP contribution in [0.2, 0.25) is 26.2 Å². The Morgan fingerprint density at radius 1 is 0.538 bits per heavy atom. The predicted molar refractivity (Wildman–Crippen MR) is 160 cm³/mol. The van der Waals surface area contributed by atoms with Crippen molar-refractivity contribution in [3.05, 3.63) is 119 Å². The van der Waals surface area contributed by atoms with E-state index >= 15 is 0 Å². The first kappa shape index (κ1) is 28.2. The molecule has 0 saturated carbocycles. The maximum Gasteiger partial charge on any atom is 0.343 e. The molecule has 0 unspecified atom stereocenters. The molecule has 0 heterocycles. The van der Waals surface area contributed by atoms with E-state index in [1.54, 1.807) is 36.4 Å². The minimum absolute atomic E-state index is 0.386. The lowest BCUT2D eigenvalue weighted by atomic mass is 10.2. The van der Waals surface area contributed by atoms with Crippen LogP contribution in [0.5, 0.6) is 11.5 Å². The van der Waals surface area contributed by atoms with Crippen LogP contribution < -0.4 is 19.8 Å². The molecule has 0 saturated heterocycles. The largest absolute Gasteiger partial charge is 0.449 e. The number of hydrogen-bond acceptors (Lipinski definition) is 5. The fraction of sp³-hybridized carbons (Fsp3) is 0.188. The van der Waals surface area contributed by atoms with E-state index < -0.39 is 16.6 Å². The van der Waals surface area contributed by atoms with Gasteiger partial charge in [0.15, 0.2) is 0 Å². The zero-order valence-electron chi connectivity index (χ0n) is 23.3. The minimum atomic E-state index is -2.31. The van der Waals surface area contributed by atoms with E-state index in [0.29, 0.717) is 22.6 Å². The lowest BCUT2D eigenvalue weighted by Crippen LogP contribution is -2.57. The molecule has 0 bridgehead atoms. The van der Waals surface area contributed by atoms with Crippen LogP contribution in [0.1, 0.15) is 31.8 Å². The van der Waals surface area contributed by atoms with Crippen molar-refractivity contribution in [3.8, 4) is 11.5 Å². The van der Waals surface area contributed by atoms with Crippen molar-refractivity contribution in [1.82, 2.24) is 0 Å². The van der Waals surface area contributed by atoms with Crippen LogP contribution in [0, 0.1) is 13.8 Å². The second-order valence-electron chi connectivity index (χ2n) is 10.7. The van der Waals surface area contributed by atoms with Crippen molar-refractivity contribution in [2.75, 3.05) is 0 Å². The van der Waals surface area contributed by atoms with Crippen LogP contribution >= 0.6 is 0 Å². The Balaban J connectivity index is 1.42. The standard InChI is InChI=1S/C32H34O5Si2/c1-23-9-7-11-27(21-23)35-31(33)25-13-17-29(18-14-25)38(3,4)37-39(5,6)30-19-15-26(16-20-30)32(34)36-28-12-8-10-24(2)22-28/h7-22H,1-6H3. The lowest BCUT2D eigenvalue weighted by Gasteiger charge is -2.34. The number of benzene rings is 4. The van der Waals surface area contributed by atoms with Gasteiger partial charge in [0.05, 0.1) is 11.1 Å². The Labute approximate surface area is 232 Å². The summed E-state index contributed by atoms with van der Waals surface area (Å²) < 4.78 is 17.9. The molecule has 5 nitrogen and oxygen atoms in total. The van der Waals surface area contributed by atoms with Gasteiger partial charge in [-0.25, -0.2) is 9.59 Å². The molecule has 0 aromatic heterocycles. The van der Waals surface area contributed by atoms with Crippen molar-refractivity contribution in [3.63, 3.8) is 0 Å². The third-order valence-electron chi connectivity index (χ3n) is 6.54. The first-order chi connectivity index (χ1) is 18.4. The van der Waals surface area contributed by atoms with Gasteiger partial charge >= 0.3 is 11.9 Å². The predicted octanol–water partition coefficient (Wildman–Crippen LogP) is 6.28. The van der Waals surface area contributed by atoms with Crippen LogP contribution in [0.15, 0.2) is 97.1 Å². The minimum Gasteiger partial charge on any atom is -0.449 e. The van der Waals surface area contributed by atoms with E-state index in [-0.39, 0.29) is 11.9 Å². The van der Waals surface area contributed by atoms with E-state index in [9.17, 15) is 9.59 Å². The molecule has 200 valence electrons. The number of rotatable bonds is 8. The van der Waals surface area contributed by atoms with Crippen molar-refractivity contribution in [2.45, 2.75) is 40.0 Å². The van der Waals surface area contributed by atoms with E-state index in [0.717, 1.165) is 21.5 Å². The average molecular weight is 555 g/mol. The molecule has 0 spiro atoms. The summed E-state index contributed by atoms with van der Waals surface area (Å²) >= 11 is 0. The van der Waals surface area contributed by atoms with Crippen molar-refractivity contribution in [2.24, 2.45) is 0 Å². The number of esters is 2. The number of aryl methyl sites for hydroxylation is 2. The topological polar surface area (TPSA) is 61.8 Å². The lowest BCUT2D eigenvalue weighted by molar-refractivity contribution is 0.0725. The maximum absolute atomic E-state index is 12.6. The Bertz CT molecular complexity index is 1360. The van der Waals surface area contributed by atoms with Gasteiger partial charge in [0.2, 0.25) is 16.6 Å². The van der Waals surface area contributed by atoms with Crippen molar-refractivity contribution >= 4 is 38.9 Å². The Kier molecular flexibility index (Phi) is 8.35. The van der Waals surface area contributed by atoms with Crippen LogP contribution in [0.25, 0.3) is 0 Å². The third kappa shape index (κ3) is 7.20. The molecule has 4 aromatic rings. The van der Waals surface area contributed by atoms with E-state index in [4.69, 9.17) is 13.6 Å². The number of carbonyl (C=O) groups is 2. The highest BCUT2D eigenvalue weighted by Crippen LogP contribution is 2.19. The smallest absolute Gasteiger partial charge is 0.343 e. The third-order valence-corrected chi connectivity index (χ3v) is 14.1.